The van der Waals surface area contributed by atoms with Crippen molar-refractivity contribution in [2.24, 2.45) is 0 Å². The molecule has 0 saturated carbocycles. The van der Waals surface area contributed by atoms with Gasteiger partial charge in [-0.25, -0.2) is 0 Å². The maximum Gasteiger partial charge on any atom is 0.256 e. The molecule has 2 heterocycles. The van der Waals surface area contributed by atoms with Gasteiger partial charge in [-0.15, -0.1) is 11.3 Å². The van der Waals surface area contributed by atoms with Crippen molar-refractivity contribution in [2.45, 2.75) is 6.10 Å². The van der Waals surface area contributed by atoms with Crippen molar-refractivity contribution in [3.63, 3.8) is 0 Å². The summed E-state index contributed by atoms with van der Waals surface area (Å²) in [6.07, 6.45) is -1.06. The number of piperazine rings is 1. The smallest absolute Gasteiger partial charge is 0.256 e. The van der Waals surface area contributed by atoms with E-state index < -0.39 is 6.10 Å². The Labute approximate surface area is 128 Å². The molecule has 0 radical (unpaired) electrons. The van der Waals surface area contributed by atoms with Crippen LogP contribution in [0.2, 0.25) is 0 Å². The monoisotopic (exact) mass is 302 g/mol. The molecule has 1 fully saturated rings. The van der Waals surface area contributed by atoms with E-state index >= 15 is 0 Å². The summed E-state index contributed by atoms with van der Waals surface area (Å²) in [5.41, 5.74) is 0.656. The first kappa shape index (κ1) is 14.1. The van der Waals surface area contributed by atoms with Gasteiger partial charge in [0.1, 0.15) is 0 Å². The molecule has 1 amide bonds. The van der Waals surface area contributed by atoms with Gasteiger partial charge >= 0.3 is 0 Å². The van der Waals surface area contributed by atoms with E-state index in [0.717, 1.165) is 13.1 Å². The number of carbonyl (C=O) groups excluding carboxylic acids is 1. The quantitative estimate of drug-likeness (QED) is 0.944. The number of hydrogen-bond donors (Lipinski definition) is 1. The fraction of sp³-hybridized carbons (Fsp3) is 0.312. The number of nitrogens with zero attached hydrogens (tertiary/aromatic N) is 2. The number of carbonyl (C=O) groups is 1. The Balaban J connectivity index is 1.60. The predicted molar refractivity (Wildman–Crippen MR) is 84.5 cm³/mol. The summed E-state index contributed by atoms with van der Waals surface area (Å²) < 4.78 is 0. The molecule has 1 unspecified atom stereocenters. The third kappa shape index (κ3) is 3.09. The molecular formula is C16H18N2O2S. The fourth-order valence-corrected chi connectivity index (χ4v) is 3.33. The molecule has 0 bridgehead atoms. The van der Waals surface area contributed by atoms with Gasteiger partial charge in [-0.05, 0) is 23.1 Å². The maximum atomic E-state index is 12.4. The largest absolute Gasteiger partial charge is 0.378 e. The fourth-order valence-electron chi connectivity index (χ4n) is 2.55. The van der Waals surface area contributed by atoms with Crippen molar-refractivity contribution in [3.05, 3.63) is 53.4 Å². The highest BCUT2D eigenvalue weighted by Crippen LogP contribution is 2.23. The van der Waals surface area contributed by atoms with Crippen LogP contribution in [-0.2, 0) is 4.79 Å². The number of rotatable bonds is 3. The third-order valence-corrected chi connectivity index (χ3v) is 4.69. The van der Waals surface area contributed by atoms with Crippen molar-refractivity contribution < 1.29 is 9.90 Å². The lowest BCUT2D eigenvalue weighted by Crippen LogP contribution is -2.49. The van der Waals surface area contributed by atoms with Crippen LogP contribution in [0.4, 0.5) is 5.00 Å². The van der Waals surface area contributed by atoms with Crippen molar-refractivity contribution in [2.75, 3.05) is 31.1 Å². The number of aliphatic hydroxyl groups excluding tert-OH is 1. The number of benzene rings is 1. The van der Waals surface area contributed by atoms with Crippen LogP contribution in [0.5, 0.6) is 0 Å². The molecule has 3 rings (SSSR count). The standard InChI is InChI=1S/C16H18N2O2S/c19-15(13-5-2-1-3-6-13)16(20)18-10-8-17(9-11-18)14-7-4-12-21-14/h1-7,12,15,19H,8-11H2. The van der Waals surface area contributed by atoms with Crippen LogP contribution in [0, 0.1) is 0 Å². The van der Waals surface area contributed by atoms with Gasteiger partial charge in [-0.3, -0.25) is 4.79 Å². The number of aliphatic hydroxyl groups is 1. The Morgan fingerprint density at radius 3 is 2.38 bits per heavy atom. The average molecular weight is 302 g/mol. The molecule has 0 aliphatic carbocycles. The van der Waals surface area contributed by atoms with E-state index in [0.29, 0.717) is 18.7 Å². The second kappa shape index (κ2) is 6.28. The summed E-state index contributed by atoms with van der Waals surface area (Å²) in [5.74, 6) is -0.202. The van der Waals surface area contributed by atoms with Gasteiger partial charge in [-0.1, -0.05) is 30.3 Å². The topological polar surface area (TPSA) is 43.8 Å². The Bertz CT molecular complexity index is 578. The van der Waals surface area contributed by atoms with E-state index in [1.165, 1.54) is 5.00 Å². The molecule has 1 atom stereocenters. The summed E-state index contributed by atoms with van der Waals surface area (Å²) in [6, 6.07) is 13.2. The van der Waals surface area contributed by atoms with Crippen molar-refractivity contribution in [1.29, 1.82) is 0 Å². The third-order valence-electron chi connectivity index (χ3n) is 3.76. The molecule has 1 aromatic carbocycles. The second-order valence-electron chi connectivity index (χ2n) is 5.08. The number of anilines is 1. The Hall–Kier alpha value is -1.85. The van der Waals surface area contributed by atoms with E-state index in [4.69, 9.17) is 0 Å². The lowest BCUT2D eigenvalue weighted by molar-refractivity contribution is -0.140. The van der Waals surface area contributed by atoms with E-state index in [2.05, 4.69) is 16.3 Å². The summed E-state index contributed by atoms with van der Waals surface area (Å²) in [7, 11) is 0. The van der Waals surface area contributed by atoms with E-state index in [1.807, 2.05) is 24.3 Å². The van der Waals surface area contributed by atoms with Gasteiger partial charge in [-0.2, -0.15) is 0 Å². The molecule has 5 heteroatoms. The van der Waals surface area contributed by atoms with Gasteiger partial charge in [0.15, 0.2) is 6.10 Å². The van der Waals surface area contributed by atoms with E-state index in [1.54, 1.807) is 28.4 Å². The van der Waals surface area contributed by atoms with Crippen LogP contribution in [0.1, 0.15) is 11.7 Å². The summed E-state index contributed by atoms with van der Waals surface area (Å²) in [6.45, 7) is 2.93. The van der Waals surface area contributed by atoms with Gasteiger partial charge in [0.25, 0.3) is 5.91 Å². The zero-order valence-corrected chi connectivity index (χ0v) is 12.5. The zero-order valence-electron chi connectivity index (χ0n) is 11.7. The number of thiophene rings is 1. The molecule has 1 aliphatic heterocycles. The second-order valence-corrected chi connectivity index (χ2v) is 6.00. The van der Waals surface area contributed by atoms with Crippen LogP contribution in [0.3, 0.4) is 0 Å². The molecule has 4 nitrogen and oxygen atoms in total. The Morgan fingerprint density at radius 2 is 1.76 bits per heavy atom. The summed E-state index contributed by atoms with van der Waals surface area (Å²) in [5, 5.41) is 13.5. The van der Waals surface area contributed by atoms with Crippen LogP contribution < -0.4 is 4.90 Å². The van der Waals surface area contributed by atoms with Crippen molar-refractivity contribution in [3.8, 4) is 0 Å². The van der Waals surface area contributed by atoms with Crippen LogP contribution >= 0.6 is 11.3 Å². The lowest BCUT2D eigenvalue weighted by Gasteiger charge is -2.36. The zero-order chi connectivity index (χ0) is 14.7. The molecule has 1 saturated heterocycles. The summed E-state index contributed by atoms with van der Waals surface area (Å²) >= 11 is 1.72. The normalized spacial score (nSPS) is 16.8. The minimum absolute atomic E-state index is 0.202. The van der Waals surface area contributed by atoms with Crippen LogP contribution in [-0.4, -0.2) is 42.1 Å². The van der Waals surface area contributed by atoms with Crippen molar-refractivity contribution >= 4 is 22.2 Å². The first-order chi connectivity index (χ1) is 10.3. The first-order valence-electron chi connectivity index (χ1n) is 7.06. The van der Waals surface area contributed by atoms with Crippen LogP contribution in [0.15, 0.2) is 47.8 Å². The molecule has 110 valence electrons. The van der Waals surface area contributed by atoms with Gasteiger partial charge < -0.3 is 14.9 Å². The first-order valence-corrected chi connectivity index (χ1v) is 7.94. The number of amides is 1. The number of hydrogen-bond acceptors (Lipinski definition) is 4. The molecule has 2 aromatic rings. The van der Waals surface area contributed by atoms with E-state index in [-0.39, 0.29) is 5.91 Å². The minimum Gasteiger partial charge on any atom is -0.378 e. The minimum atomic E-state index is -1.06. The van der Waals surface area contributed by atoms with Crippen molar-refractivity contribution in [1.82, 2.24) is 4.90 Å². The summed E-state index contributed by atoms with van der Waals surface area (Å²) in [4.78, 5) is 16.4. The molecule has 0 spiro atoms. The lowest BCUT2D eigenvalue weighted by atomic mass is 10.1. The molecule has 1 N–H and O–H groups in total. The van der Waals surface area contributed by atoms with Gasteiger partial charge in [0, 0.05) is 26.2 Å². The highest BCUT2D eigenvalue weighted by Gasteiger charge is 2.27. The molecular weight excluding hydrogens is 284 g/mol. The van der Waals surface area contributed by atoms with Crippen LogP contribution in [0.25, 0.3) is 0 Å². The molecule has 1 aromatic heterocycles. The SMILES string of the molecule is O=C(C(O)c1ccccc1)N1CCN(c2cccs2)CC1. The molecule has 1 aliphatic rings. The highest BCUT2D eigenvalue weighted by molar-refractivity contribution is 7.14. The predicted octanol–water partition coefficient (Wildman–Crippen LogP) is 2.13. The average Bonchev–Trinajstić information content (AvgIpc) is 3.09. The van der Waals surface area contributed by atoms with Gasteiger partial charge in [0.05, 0.1) is 5.00 Å². The maximum absolute atomic E-state index is 12.4. The van der Waals surface area contributed by atoms with E-state index in [9.17, 15) is 9.90 Å². The van der Waals surface area contributed by atoms with Gasteiger partial charge in [0.2, 0.25) is 0 Å². The Kier molecular flexibility index (Phi) is 4.22. The molecule has 21 heavy (non-hydrogen) atoms. The highest BCUT2D eigenvalue weighted by atomic mass is 32.1. The Morgan fingerprint density at radius 1 is 1.05 bits per heavy atom.